The van der Waals surface area contributed by atoms with Crippen LogP contribution in [-0.2, 0) is 9.59 Å². The van der Waals surface area contributed by atoms with Crippen molar-refractivity contribution in [2.24, 2.45) is 0 Å². The van der Waals surface area contributed by atoms with E-state index in [2.05, 4.69) is 15.2 Å². The van der Waals surface area contributed by atoms with E-state index < -0.39 is 33.8 Å². The summed E-state index contributed by atoms with van der Waals surface area (Å²) >= 11 is 0. The molecule has 41 heavy (non-hydrogen) atoms. The summed E-state index contributed by atoms with van der Waals surface area (Å²) in [6.45, 7) is 4.06. The van der Waals surface area contributed by atoms with Crippen molar-refractivity contribution in [3.8, 4) is 22.4 Å². The number of rotatable bonds is 4. The number of nitrogens with zero attached hydrogens (tertiary/aromatic N) is 7. The van der Waals surface area contributed by atoms with Crippen LogP contribution in [0.2, 0.25) is 0 Å². The van der Waals surface area contributed by atoms with Crippen molar-refractivity contribution in [1.82, 2.24) is 29.3 Å². The maximum Gasteiger partial charge on any atom is 0.251 e. The number of carbonyl (C=O) groups is 2. The Morgan fingerprint density at radius 2 is 1.78 bits per heavy atom. The molecule has 4 aromatic rings. The Morgan fingerprint density at radius 3 is 2.44 bits per heavy atom. The minimum atomic E-state index is -2.40. The average molecular weight is 542 g/mol. The number of hydrogen-bond acceptors (Lipinski definition) is 6. The number of carbonyl (C=O) groups excluding carboxylic acids is 2. The number of nitrogens with two attached hydrogens (primary N) is 1. The topological polar surface area (TPSA) is 115 Å². The van der Waals surface area contributed by atoms with Crippen LogP contribution >= 0.6 is 0 Å². The van der Waals surface area contributed by atoms with Gasteiger partial charge in [0.15, 0.2) is 5.82 Å². The normalized spacial score (nSPS) is 19.6. The highest BCUT2D eigenvalue weighted by Crippen LogP contribution is 2.44. The van der Waals surface area contributed by atoms with Crippen LogP contribution in [0.15, 0.2) is 43.0 Å². The zero-order valence-electron chi connectivity index (χ0n) is 22.7. The van der Waals surface area contributed by atoms with E-state index in [9.17, 15) is 9.59 Å². The monoisotopic (exact) mass is 542 g/mol. The first-order valence-electron chi connectivity index (χ1n) is 13.0. The molecule has 3 aromatic heterocycles. The molecule has 6 rings (SSSR count). The molecule has 8 radical (unpaired) electrons. The van der Waals surface area contributed by atoms with Crippen LogP contribution in [-0.4, -0.2) is 88.7 Å². The molecule has 15 heteroatoms. The number of anilines is 2. The summed E-state index contributed by atoms with van der Waals surface area (Å²) in [7, 11) is 25.4. The Hall–Kier alpha value is -4.02. The predicted molar refractivity (Wildman–Crippen MR) is 155 cm³/mol. The van der Waals surface area contributed by atoms with E-state index in [1.807, 2.05) is 16.9 Å². The largest absolute Gasteiger partial charge is 0.382 e. The molecular formula is C26H23B4FN8O2. The fourth-order valence-electron chi connectivity index (χ4n) is 5.67. The van der Waals surface area contributed by atoms with Gasteiger partial charge in [0, 0.05) is 29.8 Å². The molecule has 4 heterocycles. The van der Waals surface area contributed by atoms with Gasteiger partial charge in [-0.25, -0.2) is 13.9 Å². The Morgan fingerprint density at radius 1 is 1.07 bits per heavy atom. The van der Waals surface area contributed by atoms with Crippen molar-refractivity contribution in [1.29, 1.82) is 0 Å². The zero-order valence-corrected chi connectivity index (χ0v) is 22.7. The van der Waals surface area contributed by atoms with E-state index in [4.69, 9.17) is 37.1 Å². The highest BCUT2D eigenvalue weighted by Gasteiger charge is 2.59. The van der Waals surface area contributed by atoms with Gasteiger partial charge >= 0.3 is 0 Å². The van der Waals surface area contributed by atoms with Gasteiger partial charge in [-0.3, -0.25) is 14.3 Å². The number of halogens is 1. The summed E-state index contributed by atoms with van der Waals surface area (Å²) in [6.07, 6.45) is 7.13. The van der Waals surface area contributed by atoms with Crippen molar-refractivity contribution in [3.05, 3.63) is 48.8 Å². The second-order valence-corrected chi connectivity index (χ2v) is 11.2. The molecule has 1 saturated carbocycles. The molecule has 198 valence electrons. The maximum atomic E-state index is 15.5. The molecule has 2 amide bonds. The second-order valence-electron chi connectivity index (χ2n) is 11.2. The molecule has 0 bridgehead atoms. The average Bonchev–Trinajstić information content (AvgIpc) is 3.48. The first kappa shape index (κ1) is 27.2. The fourth-order valence-corrected chi connectivity index (χ4v) is 5.67. The lowest BCUT2D eigenvalue weighted by Gasteiger charge is -2.65. The molecule has 1 saturated heterocycles. The van der Waals surface area contributed by atoms with Gasteiger partial charge in [-0.1, -0.05) is 0 Å². The van der Waals surface area contributed by atoms with Gasteiger partial charge in [-0.05, 0) is 61.6 Å². The standard InChI is InChI=1S/C26H23B4FN8O2/c1-13(40)39-24(2,3)23(41)37(25(27,28)26(39,29)30)20-8-14(4-7-18(20)31)19-9-17(21-22(32)33-12-35-38(19)21)15-10-34-36(11-15)16-5-6-16/h4,7-12,16H,5-6H2,1-3H3,(H2,32,33,35). The lowest BCUT2D eigenvalue weighted by Crippen LogP contribution is -2.85. The van der Waals surface area contributed by atoms with E-state index >= 15 is 4.39 Å². The first-order valence-corrected chi connectivity index (χ1v) is 13.0. The van der Waals surface area contributed by atoms with Crippen molar-refractivity contribution in [2.75, 3.05) is 10.6 Å². The van der Waals surface area contributed by atoms with Crippen LogP contribution in [0.5, 0.6) is 0 Å². The Balaban J connectivity index is 1.52. The third-order valence-electron chi connectivity index (χ3n) is 7.88. The number of aromatic nitrogens is 5. The zero-order chi connectivity index (χ0) is 29.6. The van der Waals surface area contributed by atoms with Crippen LogP contribution < -0.4 is 10.6 Å². The van der Waals surface area contributed by atoms with Crippen molar-refractivity contribution < 1.29 is 14.0 Å². The first-order chi connectivity index (χ1) is 19.2. The summed E-state index contributed by atoms with van der Waals surface area (Å²) in [6, 6.07) is 6.29. The van der Waals surface area contributed by atoms with Crippen molar-refractivity contribution >= 4 is 60.2 Å². The molecule has 1 aliphatic carbocycles. The molecule has 1 aromatic carbocycles. The van der Waals surface area contributed by atoms with Gasteiger partial charge in [0.05, 0.1) is 55.0 Å². The fraction of sp³-hybridized carbons (Fsp3) is 0.346. The minimum absolute atomic E-state index is 0.235. The van der Waals surface area contributed by atoms with Crippen molar-refractivity contribution in [3.63, 3.8) is 0 Å². The Bertz CT molecular complexity index is 1750. The lowest BCUT2D eigenvalue weighted by molar-refractivity contribution is -0.150. The highest BCUT2D eigenvalue weighted by molar-refractivity contribution is 6.58. The van der Waals surface area contributed by atoms with Gasteiger partial charge in [-0.15, -0.1) is 0 Å². The molecule has 2 N–H and O–H groups in total. The molecule has 2 fully saturated rings. The Labute approximate surface area is 241 Å². The second kappa shape index (κ2) is 8.74. The number of fused-ring (bicyclic) bond motifs is 1. The summed E-state index contributed by atoms with van der Waals surface area (Å²) in [5.74, 6) is -1.98. The number of nitrogen functional groups attached to an aromatic ring is 1. The van der Waals surface area contributed by atoms with E-state index in [0.717, 1.165) is 33.8 Å². The number of amides is 2. The SMILES string of the molecule is [B]C1([B])N(c2cc(-c3cc(-c4cnn(C5CC5)c4)c4c(N)ncnn34)ccc2F)C(=O)C(C)(C)N(C(C)=O)C1([B])[B]. The van der Waals surface area contributed by atoms with E-state index in [0.29, 0.717) is 22.8 Å². The smallest absolute Gasteiger partial charge is 0.251 e. The van der Waals surface area contributed by atoms with E-state index in [1.54, 1.807) is 10.7 Å². The van der Waals surface area contributed by atoms with Crippen LogP contribution in [0.1, 0.15) is 39.7 Å². The van der Waals surface area contributed by atoms with E-state index in [1.165, 1.54) is 45.3 Å². The molecular weight excluding hydrogens is 519 g/mol. The number of benzene rings is 1. The minimum Gasteiger partial charge on any atom is -0.382 e. The molecule has 1 aliphatic heterocycles. The number of hydrogen-bond donors (Lipinski definition) is 1. The van der Waals surface area contributed by atoms with Gasteiger partial charge in [0.25, 0.3) is 5.91 Å². The maximum absolute atomic E-state index is 15.5. The summed E-state index contributed by atoms with van der Waals surface area (Å²) in [5.41, 5.74) is 7.41. The summed E-state index contributed by atoms with van der Waals surface area (Å²) in [5, 5.41) is 4.21. The summed E-state index contributed by atoms with van der Waals surface area (Å²) < 4.78 is 19.0. The molecule has 0 spiro atoms. The summed E-state index contributed by atoms with van der Waals surface area (Å²) in [4.78, 5) is 32.2. The van der Waals surface area contributed by atoms with Crippen LogP contribution in [0.3, 0.4) is 0 Å². The van der Waals surface area contributed by atoms with Gasteiger partial charge in [0.1, 0.15) is 23.2 Å². The van der Waals surface area contributed by atoms with Crippen LogP contribution in [0, 0.1) is 5.82 Å². The molecule has 2 aliphatic rings. The molecule has 0 unspecified atom stereocenters. The quantitative estimate of drug-likeness (QED) is 0.389. The molecule has 10 nitrogen and oxygen atoms in total. The third-order valence-corrected chi connectivity index (χ3v) is 7.88. The lowest BCUT2D eigenvalue weighted by atomic mass is 9.35. The third kappa shape index (κ3) is 3.84. The molecule has 0 atom stereocenters. The Kier molecular flexibility index (Phi) is 5.79. The van der Waals surface area contributed by atoms with Gasteiger partial charge in [-0.2, -0.15) is 10.2 Å². The van der Waals surface area contributed by atoms with E-state index in [-0.39, 0.29) is 11.5 Å². The van der Waals surface area contributed by atoms with Crippen LogP contribution in [0.4, 0.5) is 15.9 Å². The predicted octanol–water partition coefficient (Wildman–Crippen LogP) is 1.27. The van der Waals surface area contributed by atoms with Gasteiger partial charge in [0.2, 0.25) is 5.91 Å². The van der Waals surface area contributed by atoms with Crippen molar-refractivity contribution in [2.45, 2.75) is 55.9 Å². The highest BCUT2D eigenvalue weighted by atomic mass is 19.1. The van der Waals surface area contributed by atoms with Gasteiger partial charge < -0.3 is 15.5 Å². The number of piperazine rings is 1. The van der Waals surface area contributed by atoms with Crippen LogP contribution in [0.25, 0.3) is 27.9 Å².